The predicted molar refractivity (Wildman–Crippen MR) is 201 cm³/mol. The molecule has 0 bridgehead atoms. The Bertz CT molecular complexity index is 1900. The summed E-state index contributed by atoms with van der Waals surface area (Å²) in [6.07, 6.45) is 8.97. The largest absolute Gasteiger partial charge is 0.490 e. The highest BCUT2D eigenvalue weighted by atomic mass is 16.5. The summed E-state index contributed by atoms with van der Waals surface area (Å²) >= 11 is 0. The zero-order valence-corrected chi connectivity index (χ0v) is 29.8. The van der Waals surface area contributed by atoms with E-state index < -0.39 is 0 Å². The van der Waals surface area contributed by atoms with E-state index in [2.05, 4.69) is 32.7 Å². The molecule has 2 fully saturated rings. The number of hydrogen-bond acceptors (Lipinski definition) is 7. The SMILES string of the molecule is CN(CCN1CCOCC1)C(=O)c1cccc(C(=O)Nc2ccc(OC3CCCC3)cc2-c2cc(C(=O)NC3CCCc4ccccc43)ccn2)c1. The molecule has 0 radical (unpaired) electrons. The summed E-state index contributed by atoms with van der Waals surface area (Å²) in [4.78, 5) is 49.4. The third kappa shape index (κ3) is 8.52. The van der Waals surface area contributed by atoms with Crippen molar-refractivity contribution < 1.29 is 23.9 Å². The Labute approximate surface area is 305 Å². The molecule has 3 aliphatic rings. The van der Waals surface area contributed by atoms with E-state index in [4.69, 9.17) is 9.47 Å². The Morgan fingerprint density at radius 3 is 2.50 bits per heavy atom. The predicted octanol–water partition coefficient (Wildman–Crippen LogP) is 6.53. The molecule has 1 unspecified atom stereocenters. The lowest BCUT2D eigenvalue weighted by Crippen LogP contribution is -2.41. The van der Waals surface area contributed by atoms with Crippen LogP contribution in [0.5, 0.6) is 5.75 Å². The maximum Gasteiger partial charge on any atom is 0.255 e. The number of hydrogen-bond donors (Lipinski definition) is 2. The summed E-state index contributed by atoms with van der Waals surface area (Å²) in [6.45, 7) is 4.47. The minimum atomic E-state index is -0.360. The zero-order valence-electron chi connectivity index (χ0n) is 29.8. The van der Waals surface area contributed by atoms with Crippen LogP contribution in [0.15, 0.2) is 85.1 Å². The molecule has 2 N–H and O–H groups in total. The van der Waals surface area contributed by atoms with Gasteiger partial charge >= 0.3 is 0 Å². The van der Waals surface area contributed by atoms with E-state index in [1.54, 1.807) is 54.5 Å². The second-order valence-corrected chi connectivity index (χ2v) is 14.0. The van der Waals surface area contributed by atoms with Gasteiger partial charge in [0.05, 0.1) is 36.7 Å². The van der Waals surface area contributed by atoms with Crippen LogP contribution < -0.4 is 15.4 Å². The van der Waals surface area contributed by atoms with Crippen molar-refractivity contribution in [1.29, 1.82) is 0 Å². The summed E-state index contributed by atoms with van der Waals surface area (Å²) in [5.41, 5.74) is 5.43. The van der Waals surface area contributed by atoms with Crippen LogP contribution in [0, 0.1) is 0 Å². The number of anilines is 1. The van der Waals surface area contributed by atoms with E-state index in [1.165, 1.54) is 11.1 Å². The standard InChI is InChI=1S/C42H47N5O5/c1-46(20-21-47-22-24-51-25-23-47)42(50)32-11-6-10-30(26-32)40(48)45-38-17-16-34(52-33-12-3-4-13-33)28-36(38)39-27-31(18-19-43-39)41(49)44-37-15-7-9-29-8-2-5-14-35(29)37/h2,5-6,8,10-11,14,16-19,26-28,33,37H,3-4,7,9,12-13,15,20-25H2,1H3,(H,44,49)(H,45,48). The molecule has 2 heterocycles. The first-order valence-corrected chi connectivity index (χ1v) is 18.5. The van der Waals surface area contributed by atoms with Gasteiger partial charge in [-0.25, -0.2) is 0 Å². The van der Waals surface area contributed by atoms with E-state index in [9.17, 15) is 14.4 Å². The van der Waals surface area contributed by atoms with Gasteiger partial charge in [-0.15, -0.1) is 0 Å². The molecule has 10 heteroatoms. The Balaban J connectivity index is 1.10. The average Bonchev–Trinajstić information content (AvgIpc) is 3.71. The monoisotopic (exact) mass is 701 g/mol. The maximum atomic E-state index is 13.8. The van der Waals surface area contributed by atoms with Crippen molar-refractivity contribution in [3.05, 3.63) is 113 Å². The highest BCUT2D eigenvalue weighted by Crippen LogP contribution is 2.34. The van der Waals surface area contributed by atoms with Gasteiger partial charge < -0.3 is 25.0 Å². The molecule has 3 aromatic carbocycles. The van der Waals surface area contributed by atoms with Crippen LogP contribution in [0.25, 0.3) is 11.3 Å². The molecule has 2 aliphatic carbocycles. The number of carbonyl (C=O) groups excluding carboxylic acids is 3. The third-order valence-electron chi connectivity index (χ3n) is 10.4. The van der Waals surface area contributed by atoms with Crippen LogP contribution >= 0.6 is 0 Å². The second kappa shape index (κ2) is 16.5. The number of pyridine rings is 1. The molecule has 4 aromatic rings. The summed E-state index contributed by atoms with van der Waals surface area (Å²) in [7, 11) is 1.78. The molecule has 3 amide bonds. The number of amides is 3. The number of aromatic nitrogens is 1. The van der Waals surface area contributed by atoms with Crippen LogP contribution in [0.4, 0.5) is 5.69 Å². The molecule has 52 heavy (non-hydrogen) atoms. The molecule has 7 rings (SSSR count). The van der Waals surface area contributed by atoms with Gasteiger partial charge in [-0.05, 0) is 105 Å². The topological polar surface area (TPSA) is 113 Å². The zero-order chi connectivity index (χ0) is 35.9. The minimum absolute atomic E-state index is 0.0562. The highest BCUT2D eigenvalue weighted by molar-refractivity contribution is 6.08. The van der Waals surface area contributed by atoms with Gasteiger partial charge in [0, 0.05) is 61.7 Å². The van der Waals surface area contributed by atoms with Gasteiger partial charge in [-0.1, -0.05) is 30.3 Å². The van der Waals surface area contributed by atoms with Gasteiger partial charge in [0.2, 0.25) is 0 Å². The summed E-state index contributed by atoms with van der Waals surface area (Å²) < 4.78 is 11.8. The Morgan fingerprint density at radius 1 is 0.865 bits per heavy atom. The summed E-state index contributed by atoms with van der Waals surface area (Å²) in [5.74, 6) is 0.00276. The number of nitrogens with one attached hydrogen (secondary N) is 2. The Morgan fingerprint density at radius 2 is 1.65 bits per heavy atom. The first kappa shape index (κ1) is 35.3. The van der Waals surface area contributed by atoms with E-state index in [-0.39, 0.29) is 29.9 Å². The number of nitrogens with zero attached hydrogens (tertiary/aromatic N) is 3. The normalized spacial score (nSPS) is 17.6. The summed E-state index contributed by atoms with van der Waals surface area (Å²) in [5, 5.41) is 6.30. The van der Waals surface area contributed by atoms with E-state index >= 15 is 0 Å². The lowest BCUT2D eigenvalue weighted by atomic mass is 9.87. The van der Waals surface area contributed by atoms with Crippen molar-refractivity contribution in [2.45, 2.75) is 57.1 Å². The Kier molecular flexibility index (Phi) is 11.2. The van der Waals surface area contributed by atoms with E-state index in [0.29, 0.717) is 59.1 Å². The first-order chi connectivity index (χ1) is 25.4. The third-order valence-corrected chi connectivity index (χ3v) is 10.4. The molecule has 1 saturated heterocycles. The number of rotatable bonds is 11. The van der Waals surface area contributed by atoms with Crippen LogP contribution in [0.1, 0.15) is 86.8 Å². The lowest BCUT2D eigenvalue weighted by Gasteiger charge is -2.28. The number of likely N-dealkylation sites (N-methyl/N-ethyl adjacent to an activating group) is 1. The van der Waals surface area contributed by atoms with Crippen molar-refractivity contribution in [2.24, 2.45) is 0 Å². The van der Waals surface area contributed by atoms with Crippen molar-refractivity contribution in [1.82, 2.24) is 20.1 Å². The van der Waals surface area contributed by atoms with Crippen molar-refractivity contribution in [3.63, 3.8) is 0 Å². The molecule has 270 valence electrons. The van der Waals surface area contributed by atoms with Crippen LogP contribution in [0.2, 0.25) is 0 Å². The fourth-order valence-electron chi connectivity index (χ4n) is 7.41. The Hall–Kier alpha value is -5.06. The number of carbonyl (C=O) groups is 3. The minimum Gasteiger partial charge on any atom is -0.490 e. The van der Waals surface area contributed by atoms with Gasteiger partial charge in [-0.2, -0.15) is 0 Å². The number of aryl methyl sites for hydroxylation is 1. The van der Waals surface area contributed by atoms with Gasteiger partial charge in [-0.3, -0.25) is 24.3 Å². The highest BCUT2D eigenvalue weighted by Gasteiger charge is 2.24. The first-order valence-electron chi connectivity index (χ1n) is 18.5. The van der Waals surface area contributed by atoms with Crippen molar-refractivity contribution in [3.8, 4) is 17.0 Å². The van der Waals surface area contributed by atoms with Gasteiger partial charge in [0.1, 0.15) is 5.75 Å². The molecule has 0 spiro atoms. The van der Waals surface area contributed by atoms with Crippen LogP contribution in [-0.4, -0.2) is 85.0 Å². The number of fused-ring (bicyclic) bond motifs is 1. The fourth-order valence-corrected chi connectivity index (χ4v) is 7.41. The molecular weight excluding hydrogens is 654 g/mol. The van der Waals surface area contributed by atoms with Crippen molar-refractivity contribution in [2.75, 3.05) is 51.8 Å². The molecule has 10 nitrogen and oxygen atoms in total. The number of benzene rings is 3. The van der Waals surface area contributed by atoms with Gasteiger partial charge in [0.15, 0.2) is 0 Å². The van der Waals surface area contributed by atoms with E-state index in [1.807, 2.05) is 30.3 Å². The van der Waals surface area contributed by atoms with Crippen LogP contribution in [-0.2, 0) is 11.2 Å². The van der Waals surface area contributed by atoms with Gasteiger partial charge in [0.25, 0.3) is 17.7 Å². The molecular formula is C42H47N5O5. The molecule has 1 atom stereocenters. The van der Waals surface area contributed by atoms with E-state index in [0.717, 1.165) is 64.6 Å². The quantitative estimate of drug-likeness (QED) is 0.183. The summed E-state index contributed by atoms with van der Waals surface area (Å²) in [6, 6.07) is 24.1. The second-order valence-electron chi connectivity index (χ2n) is 14.0. The smallest absolute Gasteiger partial charge is 0.255 e. The molecule has 1 aliphatic heterocycles. The molecule has 1 saturated carbocycles. The average molecular weight is 702 g/mol. The molecule has 1 aromatic heterocycles. The maximum absolute atomic E-state index is 13.8. The fraction of sp³-hybridized carbons (Fsp3) is 0.381. The lowest BCUT2D eigenvalue weighted by molar-refractivity contribution is 0.0338. The number of ether oxygens (including phenoxy) is 2. The van der Waals surface area contributed by atoms with Crippen molar-refractivity contribution >= 4 is 23.4 Å². The van der Waals surface area contributed by atoms with Crippen LogP contribution in [0.3, 0.4) is 0 Å². The number of morpholine rings is 1.